The Hall–Kier alpha value is -1.23. The third-order valence-electron chi connectivity index (χ3n) is 4.09. The summed E-state index contributed by atoms with van der Waals surface area (Å²) in [6.45, 7) is 4.28. The van der Waals surface area contributed by atoms with Crippen molar-refractivity contribution in [3.05, 3.63) is 52.5 Å². The van der Waals surface area contributed by atoms with Crippen molar-refractivity contribution >= 4 is 11.3 Å². The van der Waals surface area contributed by atoms with E-state index in [4.69, 9.17) is 0 Å². The van der Waals surface area contributed by atoms with Gasteiger partial charge in [-0.05, 0) is 55.9 Å². The normalized spacial score (nSPS) is 19.6. The summed E-state index contributed by atoms with van der Waals surface area (Å²) in [5.74, 6) is 0. The van der Waals surface area contributed by atoms with Gasteiger partial charge < -0.3 is 5.32 Å². The molecule has 1 saturated heterocycles. The third-order valence-corrected chi connectivity index (χ3v) is 4.95. The molecule has 2 aromatic heterocycles. The van der Waals surface area contributed by atoms with Crippen molar-refractivity contribution in [2.75, 3.05) is 13.1 Å². The van der Waals surface area contributed by atoms with Crippen LogP contribution in [0.3, 0.4) is 0 Å². The van der Waals surface area contributed by atoms with E-state index in [1.54, 1.807) is 0 Å². The fraction of sp³-hybridized carbons (Fsp3) is 0.471. The maximum atomic E-state index is 4.51. The molecule has 0 saturated carbocycles. The molecule has 0 amide bonds. The number of aromatic nitrogens is 1. The molecule has 3 heterocycles. The Morgan fingerprint density at radius 3 is 2.95 bits per heavy atom. The van der Waals surface area contributed by atoms with Crippen LogP contribution in [0.2, 0.25) is 0 Å². The number of rotatable bonds is 5. The summed E-state index contributed by atoms with van der Waals surface area (Å²) in [5, 5.41) is 5.68. The van der Waals surface area contributed by atoms with E-state index in [1.165, 1.54) is 29.8 Å². The first-order valence-electron chi connectivity index (χ1n) is 7.79. The van der Waals surface area contributed by atoms with Gasteiger partial charge in [-0.2, -0.15) is 0 Å². The van der Waals surface area contributed by atoms with E-state index in [1.807, 2.05) is 23.6 Å². The van der Waals surface area contributed by atoms with Gasteiger partial charge in [-0.3, -0.25) is 9.88 Å². The van der Waals surface area contributed by atoms with E-state index in [0.29, 0.717) is 6.04 Å². The van der Waals surface area contributed by atoms with Gasteiger partial charge in [0, 0.05) is 30.2 Å². The molecule has 21 heavy (non-hydrogen) atoms. The molecule has 0 unspecified atom stereocenters. The highest BCUT2D eigenvalue weighted by Crippen LogP contribution is 2.21. The Balaban J connectivity index is 1.72. The smallest absolute Gasteiger partial charge is 0.0544 e. The first-order chi connectivity index (χ1) is 10.4. The maximum absolute atomic E-state index is 4.51. The van der Waals surface area contributed by atoms with E-state index in [9.17, 15) is 0 Å². The molecule has 0 bridgehead atoms. The van der Waals surface area contributed by atoms with Crippen LogP contribution in [0, 0.1) is 0 Å². The van der Waals surface area contributed by atoms with Gasteiger partial charge in [-0.15, -0.1) is 11.3 Å². The van der Waals surface area contributed by atoms with Crippen molar-refractivity contribution in [3.8, 4) is 0 Å². The van der Waals surface area contributed by atoms with Crippen molar-refractivity contribution < 1.29 is 0 Å². The summed E-state index contributed by atoms with van der Waals surface area (Å²) in [5.41, 5.74) is 1.17. The van der Waals surface area contributed by atoms with Crippen LogP contribution >= 0.6 is 11.3 Å². The zero-order chi connectivity index (χ0) is 14.3. The van der Waals surface area contributed by atoms with Crippen LogP contribution in [-0.4, -0.2) is 29.0 Å². The van der Waals surface area contributed by atoms with Crippen molar-refractivity contribution in [3.63, 3.8) is 0 Å². The minimum atomic E-state index is 0.657. The second-order valence-corrected chi connectivity index (χ2v) is 6.67. The minimum Gasteiger partial charge on any atom is -0.317 e. The molecular weight excluding hydrogens is 278 g/mol. The molecule has 0 spiro atoms. The predicted molar refractivity (Wildman–Crippen MR) is 88.3 cm³/mol. The van der Waals surface area contributed by atoms with Crippen LogP contribution in [0.25, 0.3) is 0 Å². The molecule has 1 atom stereocenters. The monoisotopic (exact) mass is 301 g/mol. The summed E-state index contributed by atoms with van der Waals surface area (Å²) in [6.07, 6.45) is 5.69. The summed E-state index contributed by atoms with van der Waals surface area (Å²) in [6, 6.07) is 11.3. The van der Waals surface area contributed by atoms with E-state index >= 15 is 0 Å². The molecule has 1 aliphatic heterocycles. The van der Waals surface area contributed by atoms with Crippen molar-refractivity contribution in [1.29, 1.82) is 0 Å². The van der Waals surface area contributed by atoms with Gasteiger partial charge in [0.1, 0.15) is 0 Å². The lowest BCUT2D eigenvalue weighted by Gasteiger charge is -2.30. The Bertz CT molecular complexity index is 504. The lowest BCUT2D eigenvalue weighted by atomic mass is 10.1. The van der Waals surface area contributed by atoms with Gasteiger partial charge in [-0.1, -0.05) is 12.1 Å². The van der Waals surface area contributed by atoms with Gasteiger partial charge in [0.2, 0.25) is 0 Å². The average molecular weight is 301 g/mol. The zero-order valence-electron chi connectivity index (χ0n) is 12.4. The Kier molecular flexibility index (Phi) is 5.38. The van der Waals surface area contributed by atoms with Crippen molar-refractivity contribution in [2.24, 2.45) is 0 Å². The maximum Gasteiger partial charge on any atom is 0.0544 e. The van der Waals surface area contributed by atoms with Crippen molar-refractivity contribution in [2.45, 2.75) is 38.4 Å². The standard InChI is InChI=1S/C17H23N3S/c1-2-10-19-15(5-1)13-20(14-17-7-4-12-21-17)16-6-3-9-18-11-8-16/h1-2,4-5,7,10,12,16,18H,3,6,8-9,11,13-14H2/t16-/m1/s1. The zero-order valence-corrected chi connectivity index (χ0v) is 13.2. The lowest BCUT2D eigenvalue weighted by Crippen LogP contribution is -2.35. The molecule has 0 radical (unpaired) electrons. The third kappa shape index (κ3) is 4.37. The van der Waals surface area contributed by atoms with Crippen LogP contribution < -0.4 is 5.32 Å². The van der Waals surface area contributed by atoms with Gasteiger partial charge in [0.15, 0.2) is 0 Å². The fourth-order valence-corrected chi connectivity index (χ4v) is 3.71. The summed E-state index contributed by atoms with van der Waals surface area (Å²) >= 11 is 1.85. The number of hydrogen-bond acceptors (Lipinski definition) is 4. The highest BCUT2D eigenvalue weighted by molar-refractivity contribution is 7.09. The minimum absolute atomic E-state index is 0.657. The highest BCUT2D eigenvalue weighted by atomic mass is 32.1. The average Bonchev–Trinajstić information content (AvgIpc) is 2.87. The van der Waals surface area contributed by atoms with Crippen LogP contribution in [-0.2, 0) is 13.1 Å². The summed E-state index contributed by atoms with van der Waals surface area (Å²) in [7, 11) is 0. The van der Waals surface area contributed by atoms with Gasteiger partial charge in [-0.25, -0.2) is 0 Å². The number of nitrogens with one attached hydrogen (secondary N) is 1. The first-order valence-corrected chi connectivity index (χ1v) is 8.67. The molecule has 1 aliphatic rings. The molecule has 1 N–H and O–H groups in total. The predicted octanol–water partition coefficient (Wildman–Crippen LogP) is 3.29. The van der Waals surface area contributed by atoms with Gasteiger partial charge in [0.25, 0.3) is 0 Å². The number of nitrogens with zero attached hydrogens (tertiary/aromatic N) is 2. The van der Waals surface area contributed by atoms with Crippen LogP contribution in [0.5, 0.6) is 0 Å². The SMILES string of the molecule is c1ccc(CN(Cc2cccs2)[C@@H]2CCCNCC2)nc1. The van der Waals surface area contributed by atoms with Gasteiger partial charge >= 0.3 is 0 Å². The van der Waals surface area contributed by atoms with E-state index in [-0.39, 0.29) is 0 Å². The van der Waals surface area contributed by atoms with E-state index < -0.39 is 0 Å². The number of pyridine rings is 1. The van der Waals surface area contributed by atoms with Crippen LogP contribution in [0.4, 0.5) is 0 Å². The molecule has 1 fully saturated rings. The molecule has 3 nitrogen and oxygen atoms in total. The fourth-order valence-electron chi connectivity index (χ4n) is 2.98. The Morgan fingerprint density at radius 2 is 2.14 bits per heavy atom. The number of hydrogen-bond donors (Lipinski definition) is 1. The van der Waals surface area contributed by atoms with Gasteiger partial charge in [0.05, 0.1) is 5.69 Å². The second-order valence-electron chi connectivity index (χ2n) is 5.64. The summed E-state index contributed by atoms with van der Waals surface area (Å²) in [4.78, 5) is 8.57. The first kappa shape index (κ1) is 14.7. The topological polar surface area (TPSA) is 28.2 Å². The highest BCUT2D eigenvalue weighted by Gasteiger charge is 2.21. The van der Waals surface area contributed by atoms with Crippen LogP contribution in [0.15, 0.2) is 41.9 Å². The molecule has 112 valence electrons. The number of thiophene rings is 1. The van der Waals surface area contributed by atoms with Crippen molar-refractivity contribution in [1.82, 2.24) is 15.2 Å². The molecule has 4 heteroatoms. The lowest BCUT2D eigenvalue weighted by molar-refractivity contribution is 0.164. The molecule has 0 aliphatic carbocycles. The molecule has 3 rings (SSSR count). The van der Waals surface area contributed by atoms with Crippen LogP contribution in [0.1, 0.15) is 29.8 Å². The largest absolute Gasteiger partial charge is 0.317 e. The molecule has 0 aromatic carbocycles. The van der Waals surface area contributed by atoms with E-state index in [0.717, 1.165) is 26.2 Å². The van der Waals surface area contributed by atoms with E-state index in [2.05, 4.69) is 44.8 Å². The quantitative estimate of drug-likeness (QED) is 0.918. The summed E-state index contributed by atoms with van der Waals surface area (Å²) < 4.78 is 0. The Morgan fingerprint density at radius 1 is 1.14 bits per heavy atom. The molecular formula is C17H23N3S. The Labute approximate surface area is 131 Å². The molecule has 2 aromatic rings. The second kappa shape index (κ2) is 7.69.